The van der Waals surface area contributed by atoms with E-state index in [1.54, 1.807) is 0 Å². The second kappa shape index (κ2) is 5.71. The summed E-state index contributed by atoms with van der Waals surface area (Å²) in [5.74, 6) is 0.986. The molecule has 1 atom stereocenters. The quantitative estimate of drug-likeness (QED) is 0.771. The van der Waals surface area contributed by atoms with Gasteiger partial charge in [0.2, 0.25) is 0 Å². The van der Waals surface area contributed by atoms with E-state index >= 15 is 0 Å². The molecule has 2 aliphatic rings. The van der Waals surface area contributed by atoms with Gasteiger partial charge in [0.05, 0.1) is 0 Å². The molecule has 0 amide bonds. The zero-order valence-corrected chi connectivity index (χ0v) is 11.8. The maximum absolute atomic E-state index is 6.05. The fraction of sp³-hybridized carbons (Fsp3) is 1.00. The summed E-state index contributed by atoms with van der Waals surface area (Å²) in [7, 11) is 2.30. The van der Waals surface area contributed by atoms with Crippen LogP contribution < -0.4 is 5.73 Å². The van der Waals surface area contributed by atoms with Crippen molar-refractivity contribution in [3.63, 3.8) is 0 Å². The van der Waals surface area contributed by atoms with Crippen LogP contribution in [0.3, 0.4) is 0 Å². The second-order valence-corrected chi connectivity index (χ2v) is 6.57. The van der Waals surface area contributed by atoms with Crippen molar-refractivity contribution >= 4 is 0 Å². The van der Waals surface area contributed by atoms with Crippen LogP contribution in [0.15, 0.2) is 0 Å². The molecule has 2 nitrogen and oxygen atoms in total. The third-order valence-corrected chi connectivity index (χ3v) is 5.34. The van der Waals surface area contributed by atoms with E-state index in [0.29, 0.717) is 5.41 Å². The van der Waals surface area contributed by atoms with Gasteiger partial charge in [-0.2, -0.15) is 0 Å². The summed E-state index contributed by atoms with van der Waals surface area (Å²) < 4.78 is 0. The van der Waals surface area contributed by atoms with Crippen molar-refractivity contribution in [1.82, 2.24) is 4.90 Å². The number of hydrogen-bond donors (Lipinski definition) is 1. The first-order valence-corrected chi connectivity index (χ1v) is 7.57. The van der Waals surface area contributed by atoms with Crippen LogP contribution in [0.1, 0.15) is 58.3 Å². The highest BCUT2D eigenvalue weighted by Gasteiger charge is 2.33. The molecular weight excluding hydrogens is 208 g/mol. The first-order valence-electron chi connectivity index (χ1n) is 7.57. The minimum atomic E-state index is 0.482. The third-order valence-electron chi connectivity index (χ3n) is 5.34. The van der Waals surface area contributed by atoms with Gasteiger partial charge in [-0.05, 0) is 70.5 Å². The lowest BCUT2D eigenvalue weighted by Gasteiger charge is -2.38. The van der Waals surface area contributed by atoms with E-state index in [4.69, 9.17) is 5.73 Å². The molecule has 0 bridgehead atoms. The maximum Gasteiger partial charge on any atom is 0.00921 e. The topological polar surface area (TPSA) is 29.3 Å². The molecule has 100 valence electrons. The predicted octanol–water partition coefficient (Wildman–Crippen LogP) is 3.02. The van der Waals surface area contributed by atoms with E-state index in [1.165, 1.54) is 57.9 Å². The molecule has 2 N–H and O–H groups in total. The van der Waals surface area contributed by atoms with Crippen molar-refractivity contribution in [2.45, 2.75) is 64.3 Å². The number of nitrogens with two attached hydrogens (primary N) is 1. The van der Waals surface area contributed by atoms with Gasteiger partial charge in [0.1, 0.15) is 0 Å². The van der Waals surface area contributed by atoms with Gasteiger partial charge in [-0.25, -0.2) is 0 Å². The molecule has 0 aromatic rings. The normalized spacial score (nSPS) is 26.1. The first-order chi connectivity index (χ1) is 8.17. The maximum atomic E-state index is 6.05. The van der Waals surface area contributed by atoms with Crippen LogP contribution in [-0.4, -0.2) is 31.1 Å². The number of hydrogen-bond acceptors (Lipinski definition) is 2. The zero-order chi connectivity index (χ0) is 12.3. The molecule has 0 aliphatic heterocycles. The van der Waals surface area contributed by atoms with Crippen molar-refractivity contribution in [1.29, 1.82) is 0 Å². The predicted molar refractivity (Wildman–Crippen MR) is 74.0 cm³/mol. The fourth-order valence-electron chi connectivity index (χ4n) is 3.41. The van der Waals surface area contributed by atoms with Gasteiger partial charge in [-0.15, -0.1) is 0 Å². The summed E-state index contributed by atoms with van der Waals surface area (Å²) in [4.78, 5) is 2.57. The Morgan fingerprint density at radius 1 is 1.24 bits per heavy atom. The number of rotatable bonds is 6. The summed E-state index contributed by atoms with van der Waals surface area (Å²) in [6, 6.07) is 0.786. The van der Waals surface area contributed by atoms with Crippen LogP contribution in [0.5, 0.6) is 0 Å². The summed E-state index contributed by atoms with van der Waals surface area (Å²) in [5, 5.41) is 0. The molecule has 2 heteroatoms. The van der Waals surface area contributed by atoms with Gasteiger partial charge >= 0.3 is 0 Å². The zero-order valence-electron chi connectivity index (χ0n) is 11.8. The first kappa shape index (κ1) is 13.4. The lowest BCUT2D eigenvalue weighted by atomic mass is 9.72. The van der Waals surface area contributed by atoms with Gasteiger partial charge in [0, 0.05) is 6.04 Å². The van der Waals surface area contributed by atoms with E-state index in [-0.39, 0.29) is 0 Å². The van der Waals surface area contributed by atoms with Crippen LogP contribution in [-0.2, 0) is 0 Å². The van der Waals surface area contributed by atoms with E-state index < -0.39 is 0 Å². The van der Waals surface area contributed by atoms with Crippen LogP contribution in [0.4, 0.5) is 0 Å². The van der Waals surface area contributed by atoms with Gasteiger partial charge in [-0.3, -0.25) is 0 Å². The fourth-order valence-corrected chi connectivity index (χ4v) is 3.41. The van der Waals surface area contributed by atoms with E-state index in [2.05, 4.69) is 18.9 Å². The average molecular weight is 238 g/mol. The van der Waals surface area contributed by atoms with Crippen molar-refractivity contribution < 1.29 is 0 Å². The highest BCUT2D eigenvalue weighted by molar-refractivity contribution is 4.87. The molecule has 0 aromatic carbocycles. The minimum absolute atomic E-state index is 0.482. The summed E-state index contributed by atoms with van der Waals surface area (Å²) >= 11 is 0. The monoisotopic (exact) mass is 238 g/mol. The molecule has 0 aromatic heterocycles. The van der Waals surface area contributed by atoms with Crippen LogP contribution >= 0.6 is 0 Å². The van der Waals surface area contributed by atoms with Crippen molar-refractivity contribution in [2.24, 2.45) is 17.1 Å². The second-order valence-electron chi connectivity index (χ2n) is 6.57. The Labute approximate surface area is 107 Å². The van der Waals surface area contributed by atoms with Crippen LogP contribution in [0.25, 0.3) is 0 Å². The highest BCUT2D eigenvalue weighted by atomic mass is 15.1. The molecule has 0 spiro atoms. The van der Waals surface area contributed by atoms with Crippen molar-refractivity contribution in [3.05, 3.63) is 0 Å². The summed E-state index contributed by atoms with van der Waals surface area (Å²) in [6.45, 7) is 4.54. The molecule has 2 aliphatic carbocycles. The molecule has 0 radical (unpaired) electrons. The molecule has 17 heavy (non-hydrogen) atoms. The molecule has 0 saturated heterocycles. The SMILES string of the molecule is CC(C1CC1)N(C)CCC1(CN)CCCCC1. The smallest absolute Gasteiger partial charge is 0.00921 e. The summed E-state index contributed by atoms with van der Waals surface area (Å²) in [5.41, 5.74) is 6.54. The standard InChI is InChI=1S/C15H30N2/c1-13(14-6-7-14)17(2)11-10-15(12-16)8-4-3-5-9-15/h13-14H,3-12,16H2,1-2H3. The molecule has 2 saturated carbocycles. The molecular formula is C15H30N2. The average Bonchev–Trinajstić information content (AvgIpc) is 3.20. The van der Waals surface area contributed by atoms with Crippen LogP contribution in [0.2, 0.25) is 0 Å². The largest absolute Gasteiger partial charge is 0.330 e. The Morgan fingerprint density at radius 3 is 2.41 bits per heavy atom. The lowest BCUT2D eigenvalue weighted by molar-refractivity contribution is 0.137. The Bertz CT molecular complexity index is 229. The molecule has 2 fully saturated rings. The Hall–Kier alpha value is -0.0800. The van der Waals surface area contributed by atoms with E-state index in [0.717, 1.165) is 18.5 Å². The third kappa shape index (κ3) is 3.45. The molecule has 0 heterocycles. The van der Waals surface area contributed by atoms with Gasteiger partial charge in [-0.1, -0.05) is 19.3 Å². The lowest BCUT2D eigenvalue weighted by Crippen LogP contribution is -2.39. The van der Waals surface area contributed by atoms with Gasteiger partial charge in [0.25, 0.3) is 0 Å². The molecule has 2 rings (SSSR count). The van der Waals surface area contributed by atoms with Crippen molar-refractivity contribution in [3.8, 4) is 0 Å². The summed E-state index contributed by atoms with van der Waals surface area (Å²) in [6.07, 6.45) is 11.2. The number of nitrogens with zero attached hydrogens (tertiary/aromatic N) is 1. The van der Waals surface area contributed by atoms with Crippen molar-refractivity contribution in [2.75, 3.05) is 20.1 Å². The van der Waals surface area contributed by atoms with Crippen LogP contribution in [0, 0.1) is 11.3 Å². The van der Waals surface area contributed by atoms with E-state index in [1.807, 2.05) is 0 Å². The van der Waals surface area contributed by atoms with Gasteiger partial charge < -0.3 is 10.6 Å². The molecule has 1 unspecified atom stereocenters. The Kier molecular flexibility index (Phi) is 4.48. The Morgan fingerprint density at radius 2 is 1.88 bits per heavy atom. The highest BCUT2D eigenvalue weighted by Crippen LogP contribution is 2.39. The Balaban J connectivity index is 1.78. The minimum Gasteiger partial charge on any atom is -0.330 e. The van der Waals surface area contributed by atoms with E-state index in [9.17, 15) is 0 Å². The van der Waals surface area contributed by atoms with Gasteiger partial charge in [0.15, 0.2) is 0 Å².